The highest BCUT2D eigenvalue weighted by atomic mass is 35.5. The molecule has 108 valence electrons. The second kappa shape index (κ2) is 6.24. The van der Waals surface area contributed by atoms with Gasteiger partial charge in [0.15, 0.2) is 0 Å². The van der Waals surface area contributed by atoms with Crippen LogP contribution < -0.4 is 4.90 Å². The van der Waals surface area contributed by atoms with Crippen LogP contribution in [0, 0.1) is 0 Å². The quantitative estimate of drug-likeness (QED) is 0.798. The molecule has 1 amide bonds. The molecule has 6 heteroatoms. The molecule has 1 fully saturated rings. The number of halogens is 1. The van der Waals surface area contributed by atoms with Crippen molar-refractivity contribution in [1.82, 2.24) is 0 Å². The second-order valence-corrected chi connectivity index (χ2v) is 5.11. The Bertz CT molecular complexity index is 520. The van der Waals surface area contributed by atoms with Gasteiger partial charge >= 0.3 is 5.97 Å². The molecule has 1 aromatic rings. The van der Waals surface area contributed by atoms with Gasteiger partial charge in [-0.05, 0) is 25.1 Å². The lowest BCUT2D eigenvalue weighted by atomic mass is 10.1. The van der Waals surface area contributed by atoms with Gasteiger partial charge in [-0.3, -0.25) is 9.69 Å². The van der Waals surface area contributed by atoms with E-state index in [0.29, 0.717) is 17.1 Å². The summed E-state index contributed by atoms with van der Waals surface area (Å²) in [5.74, 6) is -0.701. The topological polar surface area (TPSA) is 55.8 Å². The van der Waals surface area contributed by atoms with Crippen molar-refractivity contribution >= 4 is 29.2 Å². The second-order valence-electron chi connectivity index (χ2n) is 4.68. The number of hydrogen-bond donors (Lipinski definition) is 0. The maximum absolute atomic E-state index is 12.2. The van der Waals surface area contributed by atoms with Crippen molar-refractivity contribution in [2.24, 2.45) is 0 Å². The van der Waals surface area contributed by atoms with E-state index in [1.165, 1.54) is 12.0 Å². The van der Waals surface area contributed by atoms with Gasteiger partial charge in [0.25, 0.3) is 5.91 Å². The first-order chi connectivity index (χ1) is 9.52. The zero-order chi connectivity index (χ0) is 14.7. The average Bonchev–Trinajstić information content (AvgIpc) is 2.69. The standard InChI is InChI=1S/C14H16ClNO4/c1-9-6-12(14(18)20-9)16(13(17)8-19-2)11-5-3-4-10(15)7-11/h3-5,7,9,12H,6,8H2,1-2H3. The first kappa shape index (κ1) is 14.8. The normalized spacial score (nSPS) is 21.6. The molecule has 0 aromatic heterocycles. The number of methoxy groups -OCH3 is 1. The van der Waals surface area contributed by atoms with Gasteiger partial charge in [0.1, 0.15) is 18.8 Å². The molecule has 2 atom stereocenters. The van der Waals surface area contributed by atoms with E-state index in [-0.39, 0.29) is 18.6 Å². The fourth-order valence-electron chi connectivity index (χ4n) is 2.26. The maximum Gasteiger partial charge on any atom is 0.329 e. The van der Waals surface area contributed by atoms with Crippen molar-refractivity contribution in [3.8, 4) is 0 Å². The summed E-state index contributed by atoms with van der Waals surface area (Å²) in [4.78, 5) is 25.6. The van der Waals surface area contributed by atoms with Crippen LogP contribution in [0.5, 0.6) is 0 Å². The summed E-state index contributed by atoms with van der Waals surface area (Å²) in [6.07, 6.45) is 0.255. The Labute approximate surface area is 122 Å². The molecule has 20 heavy (non-hydrogen) atoms. The van der Waals surface area contributed by atoms with Gasteiger partial charge in [0.05, 0.1) is 0 Å². The molecular weight excluding hydrogens is 282 g/mol. The number of esters is 1. The Kier molecular flexibility index (Phi) is 4.62. The number of amides is 1. The number of carbonyl (C=O) groups is 2. The molecule has 2 unspecified atom stereocenters. The Morgan fingerprint density at radius 3 is 2.85 bits per heavy atom. The number of rotatable bonds is 4. The molecule has 1 saturated heterocycles. The van der Waals surface area contributed by atoms with E-state index in [9.17, 15) is 9.59 Å². The zero-order valence-electron chi connectivity index (χ0n) is 11.3. The lowest BCUT2D eigenvalue weighted by Crippen LogP contribution is -2.45. The lowest BCUT2D eigenvalue weighted by molar-refractivity contribution is -0.143. The van der Waals surface area contributed by atoms with Crippen LogP contribution in [0.3, 0.4) is 0 Å². The summed E-state index contributed by atoms with van der Waals surface area (Å²) in [7, 11) is 1.43. The van der Waals surface area contributed by atoms with Crippen LogP contribution in [-0.4, -0.2) is 37.7 Å². The summed E-state index contributed by atoms with van der Waals surface area (Å²) < 4.78 is 10.0. The van der Waals surface area contributed by atoms with Crippen molar-refractivity contribution in [1.29, 1.82) is 0 Å². The third kappa shape index (κ3) is 3.11. The van der Waals surface area contributed by atoms with Crippen molar-refractivity contribution in [2.75, 3.05) is 18.6 Å². The zero-order valence-corrected chi connectivity index (χ0v) is 12.1. The van der Waals surface area contributed by atoms with Gasteiger partial charge in [0.2, 0.25) is 0 Å². The molecule has 0 saturated carbocycles. The molecular formula is C14H16ClNO4. The summed E-state index contributed by atoms with van der Waals surface area (Å²) >= 11 is 5.96. The number of nitrogens with zero attached hydrogens (tertiary/aromatic N) is 1. The highest BCUT2D eigenvalue weighted by Crippen LogP contribution is 2.27. The van der Waals surface area contributed by atoms with E-state index in [4.69, 9.17) is 21.1 Å². The predicted molar refractivity (Wildman–Crippen MR) is 74.8 cm³/mol. The largest absolute Gasteiger partial charge is 0.461 e. The molecule has 1 aliphatic rings. The van der Waals surface area contributed by atoms with Crippen molar-refractivity contribution in [2.45, 2.75) is 25.5 Å². The van der Waals surface area contributed by atoms with Crippen LogP contribution in [0.15, 0.2) is 24.3 Å². The molecule has 5 nitrogen and oxygen atoms in total. The van der Waals surface area contributed by atoms with Crippen LogP contribution in [-0.2, 0) is 19.1 Å². The maximum atomic E-state index is 12.2. The minimum atomic E-state index is -0.633. The first-order valence-electron chi connectivity index (χ1n) is 6.30. The van der Waals surface area contributed by atoms with Crippen LogP contribution in [0.1, 0.15) is 13.3 Å². The molecule has 0 radical (unpaired) electrons. The van der Waals surface area contributed by atoms with E-state index < -0.39 is 12.0 Å². The van der Waals surface area contributed by atoms with Crippen molar-refractivity contribution in [3.05, 3.63) is 29.3 Å². The number of ether oxygens (including phenoxy) is 2. The van der Waals surface area contributed by atoms with E-state index in [0.717, 1.165) is 0 Å². The summed E-state index contributed by atoms with van der Waals surface area (Å²) in [5.41, 5.74) is 0.565. The molecule has 1 aliphatic heterocycles. The van der Waals surface area contributed by atoms with E-state index >= 15 is 0 Å². The average molecular weight is 298 g/mol. The first-order valence-corrected chi connectivity index (χ1v) is 6.67. The highest BCUT2D eigenvalue weighted by molar-refractivity contribution is 6.31. The third-order valence-electron chi connectivity index (χ3n) is 3.08. The van der Waals surface area contributed by atoms with Gasteiger partial charge in [-0.2, -0.15) is 0 Å². The van der Waals surface area contributed by atoms with Gasteiger partial charge in [-0.15, -0.1) is 0 Å². The molecule has 0 bridgehead atoms. The van der Waals surface area contributed by atoms with Crippen LogP contribution in [0.2, 0.25) is 5.02 Å². The predicted octanol–water partition coefficient (Wildman–Crippen LogP) is 2.02. The molecule has 0 spiro atoms. The molecule has 0 N–H and O–H groups in total. The summed E-state index contributed by atoms with van der Waals surface area (Å²) in [5, 5.41) is 0.497. The Hall–Kier alpha value is -1.59. The smallest absolute Gasteiger partial charge is 0.329 e. The molecule has 0 aliphatic carbocycles. The fourth-order valence-corrected chi connectivity index (χ4v) is 2.45. The fraction of sp³-hybridized carbons (Fsp3) is 0.429. The van der Waals surface area contributed by atoms with Crippen LogP contribution >= 0.6 is 11.6 Å². The van der Waals surface area contributed by atoms with Gasteiger partial charge in [-0.1, -0.05) is 17.7 Å². The van der Waals surface area contributed by atoms with E-state index in [1.54, 1.807) is 31.2 Å². The van der Waals surface area contributed by atoms with Crippen LogP contribution in [0.4, 0.5) is 5.69 Å². The molecule has 2 rings (SSSR count). The van der Waals surface area contributed by atoms with Gasteiger partial charge in [-0.25, -0.2) is 4.79 Å². The van der Waals surface area contributed by atoms with Crippen molar-refractivity contribution in [3.63, 3.8) is 0 Å². The van der Waals surface area contributed by atoms with Gasteiger partial charge in [0, 0.05) is 24.2 Å². The third-order valence-corrected chi connectivity index (χ3v) is 3.31. The number of carbonyl (C=O) groups excluding carboxylic acids is 2. The molecule has 1 heterocycles. The highest BCUT2D eigenvalue weighted by Gasteiger charge is 2.39. The van der Waals surface area contributed by atoms with Crippen LogP contribution in [0.25, 0.3) is 0 Å². The van der Waals surface area contributed by atoms with E-state index in [1.807, 2.05) is 0 Å². The van der Waals surface area contributed by atoms with Crippen molar-refractivity contribution < 1.29 is 19.1 Å². The number of hydrogen-bond acceptors (Lipinski definition) is 4. The van der Waals surface area contributed by atoms with E-state index in [2.05, 4.69) is 0 Å². The Morgan fingerprint density at radius 1 is 1.55 bits per heavy atom. The lowest BCUT2D eigenvalue weighted by Gasteiger charge is -2.26. The summed E-state index contributed by atoms with van der Waals surface area (Å²) in [6, 6.07) is 6.18. The Balaban J connectivity index is 2.34. The number of benzene rings is 1. The minimum absolute atomic E-state index is 0.106. The number of cyclic esters (lactones) is 1. The minimum Gasteiger partial charge on any atom is -0.461 e. The Morgan fingerprint density at radius 2 is 2.30 bits per heavy atom. The van der Waals surface area contributed by atoms with Gasteiger partial charge < -0.3 is 9.47 Å². The number of anilines is 1. The monoisotopic (exact) mass is 297 g/mol. The SMILES string of the molecule is COCC(=O)N(c1cccc(Cl)c1)C1CC(C)OC1=O. The summed E-state index contributed by atoms with van der Waals surface area (Å²) in [6.45, 7) is 1.69. The molecule has 1 aromatic carbocycles.